The third kappa shape index (κ3) is 5.91. The molecule has 0 N–H and O–H groups in total. The van der Waals surface area contributed by atoms with Gasteiger partial charge in [-0.1, -0.05) is 84.4 Å². The summed E-state index contributed by atoms with van der Waals surface area (Å²) in [4.78, 5) is 15.2. The number of nitrogens with zero attached hydrogens (tertiary/aromatic N) is 1. The van der Waals surface area contributed by atoms with Crippen molar-refractivity contribution in [2.24, 2.45) is 0 Å². The van der Waals surface area contributed by atoms with Gasteiger partial charge in [0.15, 0.2) is 5.78 Å². The van der Waals surface area contributed by atoms with Gasteiger partial charge >= 0.3 is 0 Å². The number of hydrogen-bond donors (Lipinski definition) is 0. The van der Waals surface area contributed by atoms with E-state index in [2.05, 4.69) is 17.0 Å². The summed E-state index contributed by atoms with van der Waals surface area (Å²) < 4.78 is 0. The normalized spacial score (nSPS) is 11.6. The third-order valence-electron chi connectivity index (χ3n) is 4.58. The van der Waals surface area contributed by atoms with Crippen LogP contribution < -0.4 is 0 Å². The lowest BCUT2D eigenvalue weighted by Gasteiger charge is -2.17. The smallest absolute Gasteiger partial charge is 0.164 e. The number of ketones is 1. The van der Waals surface area contributed by atoms with Crippen molar-refractivity contribution in [3.05, 3.63) is 107 Å². The Morgan fingerprint density at radius 3 is 2.14 bits per heavy atom. The Hall–Kier alpha value is -2.68. The van der Waals surface area contributed by atoms with Crippen LogP contribution in [0.5, 0.6) is 0 Å². The summed E-state index contributed by atoms with van der Waals surface area (Å²) in [6.45, 7) is 1.53. The molecule has 3 rings (SSSR count). The topological polar surface area (TPSA) is 20.3 Å². The van der Waals surface area contributed by atoms with Gasteiger partial charge in [0.2, 0.25) is 0 Å². The predicted molar refractivity (Wildman–Crippen MR) is 118 cm³/mol. The van der Waals surface area contributed by atoms with Gasteiger partial charge in [0.05, 0.1) is 0 Å². The minimum atomic E-state index is 0.131. The molecule has 0 heterocycles. The number of allylic oxidation sites excluding steroid dienone is 1. The average molecular weight is 390 g/mol. The molecule has 28 heavy (non-hydrogen) atoms. The standard InChI is InChI=1S/C25H24ClNO/c1-27(19-21-10-6-3-7-11-21)17-16-25(28)24(18-20-8-4-2-5-9-20)22-12-14-23(26)15-13-22/h2-15,18H,16-17,19H2,1H3/b24-18-. The van der Waals surface area contributed by atoms with Gasteiger partial charge in [0.25, 0.3) is 0 Å². The number of carbonyl (C=O) groups is 1. The van der Waals surface area contributed by atoms with Crippen molar-refractivity contribution >= 4 is 29.0 Å². The minimum absolute atomic E-state index is 0.131. The molecule has 0 fully saturated rings. The van der Waals surface area contributed by atoms with Crippen molar-refractivity contribution in [2.75, 3.05) is 13.6 Å². The first kappa shape index (κ1) is 20.1. The Labute approximate surface area is 172 Å². The highest BCUT2D eigenvalue weighted by atomic mass is 35.5. The summed E-state index contributed by atoms with van der Waals surface area (Å²) in [5.74, 6) is 0.131. The van der Waals surface area contributed by atoms with Crippen LogP contribution in [-0.4, -0.2) is 24.3 Å². The molecule has 3 heteroatoms. The lowest BCUT2D eigenvalue weighted by Crippen LogP contribution is -2.21. The predicted octanol–water partition coefficient (Wildman–Crippen LogP) is 5.97. The molecule has 0 aliphatic heterocycles. The second-order valence-electron chi connectivity index (χ2n) is 6.87. The molecule has 0 saturated heterocycles. The van der Waals surface area contributed by atoms with Crippen molar-refractivity contribution in [1.82, 2.24) is 4.90 Å². The first-order chi connectivity index (χ1) is 13.6. The van der Waals surface area contributed by atoms with E-state index in [0.717, 1.165) is 23.2 Å². The van der Waals surface area contributed by atoms with Crippen LogP contribution in [0.1, 0.15) is 23.1 Å². The van der Waals surface area contributed by atoms with E-state index < -0.39 is 0 Å². The summed E-state index contributed by atoms with van der Waals surface area (Å²) in [6, 6.07) is 27.7. The van der Waals surface area contributed by atoms with E-state index in [9.17, 15) is 4.79 Å². The highest BCUT2D eigenvalue weighted by molar-refractivity contribution is 6.31. The van der Waals surface area contributed by atoms with Crippen molar-refractivity contribution in [2.45, 2.75) is 13.0 Å². The zero-order chi connectivity index (χ0) is 19.8. The molecule has 3 aromatic carbocycles. The maximum atomic E-state index is 13.1. The highest BCUT2D eigenvalue weighted by Gasteiger charge is 2.13. The molecule has 0 spiro atoms. The summed E-state index contributed by atoms with van der Waals surface area (Å²) in [5, 5.41) is 0.665. The van der Waals surface area contributed by atoms with Gasteiger partial charge in [-0.3, -0.25) is 4.79 Å². The molecule has 0 atom stereocenters. The summed E-state index contributed by atoms with van der Waals surface area (Å²) in [5.41, 5.74) is 3.87. The van der Waals surface area contributed by atoms with E-state index in [4.69, 9.17) is 11.6 Å². The SMILES string of the molecule is CN(CCC(=O)/C(=C\c1ccccc1)c1ccc(Cl)cc1)Cc1ccccc1. The monoisotopic (exact) mass is 389 g/mol. The molecule has 2 nitrogen and oxygen atoms in total. The van der Waals surface area contributed by atoms with Crippen LogP contribution in [0.4, 0.5) is 0 Å². The first-order valence-corrected chi connectivity index (χ1v) is 9.78. The van der Waals surface area contributed by atoms with Crippen molar-refractivity contribution in [1.29, 1.82) is 0 Å². The number of carbonyl (C=O) groups excluding carboxylic acids is 1. The van der Waals surface area contributed by atoms with Crippen molar-refractivity contribution in [3.8, 4) is 0 Å². The number of halogens is 1. The minimum Gasteiger partial charge on any atom is -0.302 e. The fourth-order valence-corrected chi connectivity index (χ4v) is 3.20. The molecular formula is C25H24ClNO. The zero-order valence-corrected chi connectivity index (χ0v) is 16.8. The fraction of sp³-hybridized carbons (Fsp3) is 0.160. The lowest BCUT2D eigenvalue weighted by molar-refractivity contribution is -0.114. The Kier molecular flexibility index (Phi) is 7.18. The maximum absolute atomic E-state index is 13.1. The van der Waals surface area contributed by atoms with E-state index in [0.29, 0.717) is 18.0 Å². The third-order valence-corrected chi connectivity index (χ3v) is 4.83. The molecule has 0 radical (unpaired) electrons. The molecule has 3 aromatic rings. The van der Waals surface area contributed by atoms with Gasteiger partial charge < -0.3 is 4.90 Å². The molecule has 0 bridgehead atoms. The van der Waals surface area contributed by atoms with E-state index in [1.54, 1.807) is 0 Å². The molecule has 0 aliphatic rings. The van der Waals surface area contributed by atoms with E-state index in [1.807, 2.05) is 85.9 Å². The van der Waals surface area contributed by atoms with Gasteiger partial charge in [-0.15, -0.1) is 0 Å². The molecular weight excluding hydrogens is 366 g/mol. The van der Waals surface area contributed by atoms with Crippen molar-refractivity contribution in [3.63, 3.8) is 0 Å². The van der Waals surface area contributed by atoms with Crippen LogP contribution in [0.3, 0.4) is 0 Å². The Morgan fingerprint density at radius 1 is 0.893 bits per heavy atom. The molecule has 142 valence electrons. The first-order valence-electron chi connectivity index (χ1n) is 9.40. The molecule has 0 unspecified atom stereocenters. The van der Waals surface area contributed by atoms with Gasteiger partial charge in [-0.2, -0.15) is 0 Å². The quantitative estimate of drug-likeness (QED) is 0.349. The summed E-state index contributed by atoms with van der Waals surface area (Å²) in [6.07, 6.45) is 2.42. The second kappa shape index (κ2) is 10.0. The largest absolute Gasteiger partial charge is 0.302 e. The van der Waals surface area contributed by atoms with Crippen LogP contribution >= 0.6 is 11.6 Å². The van der Waals surface area contributed by atoms with E-state index in [1.165, 1.54) is 5.56 Å². The molecule has 0 amide bonds. The highest BCUT2D eigenvalue weighted by Crippen LogP contribution is 2.23. The van der Waals surface area contributed by atoms with Gasteiger partial charge in [-0.25, -0.2) is 0 Å². The van der Waals surface area contributed by atoms with Crippen LogP contribution in [0, 0.1) is 0 Å². The fourth-order valence-electron chi connectivity index (χ4n) is 3.07. The summed E-state index contributed by atoms with van der Waals surface area (Å²) in [7, 11) is 2.04. The number of hydrogen-bond acceptors (Lipinski definition) is 2. The average Bonchev–Trinajstić information content (AvgIpc) is 2.72. The van der Waals surface area contributed by atoms with E-state index >= 15 is 0 Å². The lowest BCUT2D eigenvalue weighted by atomic mass is 9.97. The second-order valence-corrected chi connectivity index (χ2v) is 7.31. The van der Waals surface area contributed by atoms with Gasteiger partial charge in [0.1, 0.15) is 0 Å². The Bertz CT molecular complexity index is 918. The zero-order valence-electron chi connectivity index (χ0n) is 16.0. The number of rotatable bonds is 8. The van der Waals surface area contributed by atoms with Crippen LogP contribution in [-0.2, 0) is 11.3 Å². The number of Topliss-reactive ketones (excluding diaryl/α,β-unsaturated/α-hetero) is 1. The van der Waals surface area contributed by atoms with Crippen molar-refractivity contribution < 1.29 is 4.79 Å². The van der Waals surface area contributed by atoms with Crippen LogP contribution in [0.25, 0.3) is 11.6 Å². The molecule has 0 saturated carbocycles. The molecule has 0 aliphatic carbocycles. The summed E-state index contributed by atoms with van der Waals surface area (Å²) >= 11 is 6.02. The Balaban J connectivity index is 1.73. The van der Waals surface area contributed by atoms with Gasteiger partial charge in [0, 0.05) is 30.1 Å². The van der Waals surface area contributed by atoms with Gasteiger partial charge in [-0.05, 0) is 41.9 Å². The van der Waals surface area contributed by atoms with E-state index in [-0.39, 0.29) is 5.78 Å². The maximum Gasteiger partial charge on any atom is 0.164 e. The van der Waals surface area contributed by atoms with Crippen LogP contribution in [0.15, 0.2) is 84.9 Å². The Morgan fingerprint density at radius 2 is 1.50 bits per heavy atom. The number of benzene rings is 3. The molecule has 0 aromatic heterocycles. The van der Waals surface area contributed by atoms with Crippen LogP contribution in [0.2, 0.25) is 5.02 Å².